The van der Waals surface area contributed by atoms with Gasteiger partial charge in [-0.3, -0.25) is 14.4 Å². The Morgan fingerprint density at radius 3 is 2.78 bits per heavy atom. The molecule has 0 aliphatic rings. The summed E-state index contributed by atoms with van der Waals surface area (Å²) in [5.41, 5.74) is 1.49. The number of aromatic amines is 1. The molecule has 0 aliphatic heterocycles. The molecule has 8 heteroatoms. The monoisotopic (exact) mass is 384 g/mol. The van der Waals surface area contributed by atoms with Gasteiger partial charge in [0.1, 0.15) is 11.6 Å². The molecule has 0 bridgehead atoms. The van der Waals surface area contributed by atoms with Crippen LogP contribution in [0.4, 0.5) is 5.00 Å². The second-order valence-electron chi connectivity index (χ2n) is 6.38. The van der Waals surface area contributed by atoms with Crippen molar-refractivity contribution in [2.45, 2.75) is 20.4 Å². The molecule has 0 radical (unpaired) electrons. The van der Waals surface area contributed by atoms with Crippen LogP contribution in [0.1, 0.15) is 28.0 Å². The predicted octanol–water partition coefficient (Wildman–Crippen LogP) is 2.25. The lowest BCUT2D eigenvalue weighted by Crippen LogP contribution is -2.27. The van der Waals surface area contributed by atoms with Crippen molar-refractivity contribution >= 4 is 38.9 Å². The minimum absolute atomic E-state index is 0.0288. The minimum Gasteiger partial charge on any atom is -0.362 e. The second-order valence-corrected chi connectivity index (χ2v) is 7.44. The zero-order valence-corrected chi connectivity index (χ0v) is 16.1. The zero-order chi connectivity index (χ0) is 19.6. The van der Waals surface area contributed by atoms with Crippen molar-refractivity contribution in [1.82, 2.24) is 15.3 Å². The van der Waals surface area contributed by atoms with Gasteiger partial charge >= 0.3 is 0 Å². The van der Waals surface area contributed by atoms with Crippen molar-refractivity contribution in [3.63, 3.8) is 0 Å². The summed E-state index contributed by atoms with van der Waals surface area (Å²) in [6.45, 7) is 3.79. The highest BCUT2D eigenvalue weighted by Crippen LogP contribution is 2.26. The molecule has 0 fully saturated rings. The maximum absolute atomic E-state index is 12.1. The average molecular weight is 384 g/mol. The van der Waals surface area contributed by atoms with Crippen LogP contribution >= 0.6 is 11.3 Å². The van der Waals surface area contributed by atoms with E-state index >= 15 is 0 Å². The van der Waals surface area contributed by atoms with E-state index in [0.717, 1.165) is 10.6 Å². The van der Waals surface area contributed by atoms with Crippen LogP contribution in [-0.4, -0.2) is 35.3 Å². The molecule has 2 N–H and O–H groups in total. The second kappa shape index (κ2) is 7.71. The van der Waals surface area contributed by atoms with E-state index in [1.807, 2.05) is 36.2 Å². The van der Waals surface area contributed by atoms with Crippen LogP contribution in [0.2, 0.25) is 0 Å². The molecule has 3 aromatic rings. The number of benzene rings is 1. The van der Waals surface area contributed by atoms with Gasteiger partial charge in [-0.25, -0.2) is 4.98 Å². The smallest absolute Gasteiger partial charge is 0.261 e. The van der Waals surface area contributed by atoms with Crippen LogP contribution in [0.25, 0.3) is 10.9 Å². The van der Waals surface area contributed by atoms with Crippen LogP contribution in [0.15, 0.2) is 35.1 Å². The summed E-state index contributed by atoms with van der Waals surface area (Å²) >= 11 is 1.35. The predicted molar refractivity (Wildman–Crippen MR) is 107 cm³/mol. The first kappa shape index (κ1) is 18.8. The number of ketones is 1. The molecule has 1 amide bonds. The summed E-state index contributed by atoms with van der Waals surface area (Å²) in [5.74, 6) is 0.244. The van der Waals surface area contributed by atoms with Crippen molar-refractivity contribution in [3.05, 3.63) is 57.0 Å². The number of nitrogens with one attached hydrogen (secondary N) is 2. The SMILES string of the molecule is CC(=O)CNC(=O)c1ccc(N(C)Cc2ccc3nc(C)[nH]c(=O)c3c2)s1. The molecule has 0 spiro atoms. The van der Waals surface area contributed by atoms with Crippen LogP contribution < -0.4 is 15.8 Å². The lowest BCUT2D eigenvalue weighted by atomic mass is 10.1. The molecule has 2 aromatic heterocycles. The molecule has 7 nitrogen and oxygen atoms in total. The van der Waals surface area contributed by atoms with Crippen LogP contribution in [0.5, 0.6) is 0 Å². The Labute approximate surface area is 160 Å². The lowest BCUT2D eigenvalue weighted by Gasteiger charge is -2.17. The molecule has 27 heavy (non-hydrogen) atoms. The fraction of sp³-hybridized carbons (Fsp3) is 0.263. The first-order valence-corrected chi connectivity index (χ1v) is 9.23. The Bertz CT molecular complexity index is 1070. The molecule has 0 saturated heterocycles. The third kappa shape index (κ3) is 4.40. The van der Waals surface area contributed by atoms with Gasteiger partial charge in [0, 0.05) is 13.6 Å². The summed E-state index contributed by atoms with van der Waals surface area (Å²) in [6.07, 6.45) is 0. The average Bonchev–Trinajstić information content (AvgIpc) is 3.10. The Morgan fingerprint density at radius 2 is 2.04 bits per heavy atom. The van der Waals surface area contributed by atoms with Gasteiger partial charge in [-0.2, -0.15) is 0 Å². The van der Waals surface area contributed by atoms with Gasteiger partial charge in [0.25, 0.3) is 11.5 Å². The number of aryl methyl sites for hydroxylation is 1. The highest BCUT2D eigenvalue weighted by molar-refractivity contribution is 7.17. The third-order valence-corrected chi connectivity index (χ3v) is 5.20. The number of thiophene rings is 1. The van der Waals surface area contributed by atoms with Gasteiger partial charge in [0.15, 0.2) is 0 Å². The van der Waals surface area contributed by atoms with Gasteiger partial charge in [-0.1, -0.05) is 6.07 Å². The summed E-state index contributed by atoms with van der Waals surface area (Å²) in [5, 5.41) is 4.06. The number of carbonyl (C=O) groups is 2. The topological polar surface area (TPSA) is 95.2 Å². The number of rotatable bonds is 6. The maximum Gasteiger partial charge on any atom is 0.261 e. The summed E-state index contributed by atoms with van der Waals surface area (Å²) < 4.78 is 0. The molecule has 1 aromatic carbocycles. The van der Waals surface area contributed by atoms with Crippen molar-refractivity contribution < 1.29 is 9.59 Å². The van der Waals surface area contributed by atoms with Crippen LogP contribution in [0.3, 0.4) is 0 Å². The van der Waals surface area contributed by atoms with Gasteiger partial charge in [-0.05, 0) is 43.7 Å². The first-order valence-electron chi connectivity index (χ1n) is 8.41. The molecule has 0 atom stereocenters. The molecular formula is C19H20N4O3S. The number of H-pyrrole nitrogens is 1. The van der Waals surface area contributed by atoms with Crippen molar-refractivity contribution in [2.75, 3.05) is 18.5 Å². The quantitative estimate of drug-likeness (QED) is 0.680. The number of hydrogen-bond acceptors (Lipinski definition) is 6. The lowest BCUT2D eigenvalue weighted by molar-refractivity contribution is -0.116. The number of anilines is 1. The minimum atomic E-state index is -0.256. The maximum atomic E-state index is 12.1. The van der Waals surface area contributed by atoms with Gasteiger partial charge in [-0.15, -0.1) is 11.3 Å². The third-order valence-electron chi connectivity index (χ3n) is 4.00. The Kier molecular flexibility index (Phi) is 5.36. The van der Waals surface area contributed by atoms with E-state index in [4.69, 9.17) is 0 Å². The van der Waals surface area contributed by atoms with E-state index in [9.17, 15) is 14.4 Å². The highest BCUT2D eigenvalue weighted by atomic mass is 32.1. The first-order chi connectivity index (χ1) is 12.8. The Hall–Kier alpha value is -3.00. The molecule has 2 heterocycles. The standard InChI is InChI=1S/C19H20N4O3S/c1-11(24)9-20-19(26)16-6-7-17(27-16)23(3)10-13-4-5-15-14(8-13)18(25)22-12(2)21-15/h4-8H,9-10H2,1-3H3,(H,20,26)(H,21,22,25). The largest absolute Gasteiger partial charge is 0.362 e. The van der Waals surface area contributed by atoms with Crippen molar-refractivity contribution in [2.24, 2.45) is 0 Å². The molecule has 0 unspecified atom stereocenters. The van der Waals surface area contributed by atoms with Crippen molar-refractivity contribution in [3.8, 4) is 0 Å². The van der Waals surface area contributed by atoms with Gasteiger partial charge in [0.2, 0.25) is 0 Å². The molecule has 0 saturated carbocycles. The Balaban J connectivity index is 1.75. The number of aromatic nitrogens is 2. The van der Waals surface area contributed by atoms with Crippen molar-refractivity contribution in [1.29, 1.82) is 0 Å². The highest BCUT2D eigenvalue weighted by Gasteiger charge is 2.12. The van der Waals surface area contributed by atoms with E-state index in [-0.39, 0.29) is 23.8 Å². The summed E-state index contributed by atoms with van der Waals surface area (Å²) in [6, 6.07) is 9.23. The number of carbonyl (C=O) groups excluding carboxylic acids is 2. The van der Waals surface area contributed by atoms with Crippen LogP contribution in [-0.2, 0) is 11.3 Å². The van der Waals surface area contributed by atoms with Gasteiger partial charge < -0.3 is 15.2 Å². The molecule has 0 aliphatic carbocycles. The van der Waals surface area contributed by atoms with Gasteiger partial charge in [0.05, 0.1) is 27.3 Å². The molecular weight excluding hydrogens is 364 g/mol. The number of amides is 1. The van der Waals surface area contributed by atoms with E-state index in [1.54, 1.807) is 13.0 Å². The van der Waals surface area contributed by atoms with E-state index in [0.29, 0.717) is 28.1 Å². The normalized spacial score (nSPS) is 10.8. The zero-order valence-electron chi connectivity index (χ0n) is 15.3. The van der Waals surface area contributed by atoms with E-state index in [2.05, 4.69) is 15.3 Å². The van der Waals surface area contributed by atoms with Crippen LogP contribution in [0, 0.1) is 6.92 Å². The number of nitrogens with zero attached hydrogens (tertiary/aromatic N) is 2. The summed E-state index contributed by atoms with van der Waals surface area (Å²) in [4.78, 5) is 44.7. The Morgan fingerprint density at radius 1 is 1.26 bits per heavy atom. The number of Topliss-reactive ketones (excluding diaryl/α,β-unsaturated/α-hetero) is 1. The molecule has 140 valence electrons. The molecule has 3 rings (SSSR count). The number of hydrogen-bond donors (Lipinski definition) is 2. The fourth-order valence-corrected chi connectivity index (χ4v) is 3.58. The fourth-order valence-electron chi connectivity index (χ4n) is 2.70. The number of fused-ring (bicyclic) bond motifs is 1. The summed E-state index contributed by atoms with van der Waals surface area (Å²) in [7, 11) is 1.92. The van der Waals surface area contributed by atoms with E-state index in [1.165, 1.54) is 18.3 Å². The van der Waals surface area contributed by atoms with E-state index < -0.39 is 0 Å².